The third-order valence-corrected chi connectivity index (χ3v) is 2.58. The second-order valence-corrected chi connectivity index (χ2v) is 4.57. The van der Waals surface area contributed by atoms with Crippen molar-refractivity contribution in [2.75, 3.05) is 6.61 Å². The van der Waals surface area contributed by atoms with Crippen LogP contribution in [0.2, 0.25) is 0 Å². The number of hydrogen-bond acceptors (Lipinski definition) is 3. The molecule has 3 nitrogen and oxygen atoms in total. The molecule has 0 aliphatic heterocycles. The van der Waals surface area contributed by atoms with E-state index in [0.717, 1.165) is 12.1 Å². The van der Waals surface area contributed by atoms with Crippen LogP contribution in [0, 0.1) is 5.92 Å². The molecule has 0 atom stereocenters. The molecular weight excluding hydrogens is 188 g/mol. The van der Waals surface area contributed by atoms with Crippen LogP contribution >= 0.6 is 0 Å². The number of nitrogens with zero attached hydrogens (tertiary/aromatic N) is 2. The monoisotopic (exact) mass is 206 g/mol. The van der Waals surface area contributed by atoms with Gasteiger partial charge in [0.25, 0.3) is 0 Å². The van der Waals surface area contributed by atoms with E-state index in [2.05, 4.69) is 23.8 Å². The molecule has 0 aromatic carbocycles. The van der Waals surface area contributed by atoms with Gasteiger partial charge in [0.05, 0.1) is 12.3 Å². The molecule has 0 radical (unpaired) electrons. The van der Waals surface area contributed by atoms with E-state index in [9.17, 15) is 0 Å². The van der Waals surface area contributed by atoms with E-state index in [1.807, 2.05) is 6.07 Å². The number of hydrogen-bond donors (Lipinski definition) is 0. The van der Waals surface area contributed by atoms with E-state index in [-0.39, 0.29) is 0 Å². The third-order valence-electron chi connectivity index (χ3n) is 2.58. The molecule has 0 saturated heterocycles. The first-order valence-electron chi connectivity index (χ1n) is 5.71. The van der Waals surface area contributed by atoms with Gasteiger partial charge in [0.15, 0.2) is 0 Å². The quantitative estimate of drug-likeness (QED) is 0.743. The summed E-state index contributed by atoms with van der Waals surface area (Å²) in [6.45, 7) is 5.08. The fraction of sp³-hybridized carbons (Fsp3) is 0.667. The summed E-state index contributed by atoms with van der Waals surface area (Å²) in [4.78, 5) is 8.51. The lowest BCUT2D eigenvalue weighted by Gasteiger charge is -2.06. The van der Waals surface area contributed by atoms with E-state index < -0.39 is 0 Å². The summed E-state index contributed by atoms with van der Waals surface area (Å²) in [7, 11) is 0. The predicted molar refractivity (Wildman–Crippen MR) is 59.0 cm³/mol. The Morgan fingerprint density at radius 2 is 2.27 bits per heavy atom. The number of aromatic nitrogens is 2. The van der Waals surface area contributed by atoms with Crippen molar-refractivity contribution >= 4 is 0 Å². The van der Waals surface area contributed by atoms with Crippen LogP contribution in [0.25, 0.3) is 0 Å². The summed E-state index contributed by atoms with van der Waals surface area (Å²) in [6, 6.07) is 2.53. The van der Waals surface area contributed by atoms with E-state index in [1.165, 1.54) is 12.8 Å². The standard InChI is InChI=1S/C12H18N2O/c1-9(2)6-8-15-12-13-7-5-11(14-12)10-3-4-10/h5,7,9-10H,3-4,6,8H2,1-2H3. The predicted octanol–water partition coefficient (Wildman–Crippen LogP) is 2.78. The SMILES string of the molecule is CC(C)CCOc1nccc(C2CC2)n1. The van der Waals surface area contributed by atoms with Crippen LogP contribution in [0.4, 0.5) is 0 Å². The zero-order valence-electron chi connectivity index (χ0n) is 9.44. The molecule has 82 valence electrons. The molecule has 1 aliphatic carbocycles. The minimum atomic E-state index is 0.542. The zero-order valence-corrected chi connectivity index (χ0v) is 9.44. The average molecular weight is 206 g/mol. The van der Waals surface area contributed by atoms with Crippen LogP contribution in [0.1, 0.15) is 44.7 Å². The molecule has 3 heteroatoms. The highest BCUT2D eigenvalue weighted by molar-refractivity contribution is 5.15. The Hall–Kier alpha value is -1.12. The maximum absolute atomic E-state index is 5.51. The second-order valence-electron chi connectivity index (χ2n) is 4.57. The molecule has 0 spiro atoms. The van der Waals surface area contributed by atoms with Crippen molar-refractivity contribution in [1.82, 2.24) is 9.97 Å². The van der Waals surface area contributed by atoms with Crippen LogP contribution in [0.15, 0.2) is 12.3 Å². The van der Waals surface area contributed by atoms with Gasteiger partial charge in [-0.15, -0.1) is 0 Å². The Morgan fingerprint density at radius 1 is 1.47 bits per heavy atom. The normalized spacial score (nSPS) is 15.7. The first-order chi connectivity index (χ1) is 7.25. The highest BCUT2D eigenvalue weighted by Gasteiger charge is 2.25. The van der Waals surface area contributed by atoms with Gasteiger partial charge < -0.3 is 4.74 Å². The van der Waals surface area contributed by atoms with Gasteiger partial charge in [-0.1, -0.05) is 13.8 Å². The Bertz CT molecular complexity index is 321. The Kier molecular flexibility index (Phi) is 3.19. The van der Waals surface area contributed by atoms with Gasteiger partial charge in [0, 0.05) is 12.1 Å². The van der Waals surface area contributed by atoms with Crippen LogP contribution in [0.5, 0.6) is 6.01 Å². The highest BCUT2D eigenvalue weighted by atomic mass is 16.5. The van der Waals surface area contributed by atoms with Gasteiger partial charge >= 0.3 is 6.01 Å². The van der Waals surface area contributed by atoms with E-state index in [0.29, 0.717) is 24.5 Å². The van der Waals surface area contributed by atoms with Gasteiger partial charge in [0.2, 0.25) is 0 Å². The largest absolute Gasteiger partial charge is 0.463 e. The van der Waals surface area contributed by atoms with Gasteiger partial charge in [-0.2, -0.15) is 4.98 Å². The third kappa shape index (κ3) is 3.18. The molecule has 0 bridgehead atoms. The molecule has 2 rings (SSSR count). The minimum Gasteiger partial charge on any atom is -0.463 e. The highest BCUT2D eigenvalue weighted by Crippen LogP contribution is 2.39. The average Bonchev–Trinajstić information content (AvgIpc) is 3.01. The molecule has 1 fully saturated rings. The number of ether oxygens (including phenoxy) is 1. The topological polar surface area (TPSA) is 35.0 Å². The Balaban J connectivity index is 1.87. The van der Waals surface area contributed by atoms with Gasteiger partial charge in [-0.25, -0.2) is 4.98 Å². The van der Waals surface area contributed by atoms with Crippen molar-refractivity contribution in [3.8, 4) is 6.01 Å². The molecule has 1 aliphatic rings. The molecule has 1 saturated carbocycles. The van der Waals surface area contributed by atoms with E-state index >= 15 is 0 Å². The fourth-order valence-electron chi connectivity index (χ4n) is 1.42. The summed E-state index contributed by atoms with van der Waals surface area (Å²) >= 11 is 0. The summed E-state index contributed by atoms with van der Waals surface area (Å²) in [5.41, 5.74) is 1.14. The molecule has 15 heavy (non-hydrogen) atoms. The molecule has 1 aromatic heterocycles. The van der Waals surface area contributed by atoms with Gasteiger partial charge in [-0.3, -0.25) is 0 Å². The maximum Gasteiger partial charge on any atom is 0.316 e. The lowest BCUT2D eigenvalue weighted by molar-refractivity contribution is 0.267. The van der Waals surface area contributed by atoms with Crippen LogP contribution in [0.3, 0.4) is 0 Å². The van der Waals surface area contributed by atoms with Crippen LogP contribution in [-0.4, -0.2) is 16.6 Å². The Morgan fingerprint density at radius 3 is 2.93 bits per heavy atom. The van der Waals surface area contributed by atoms with Crippen LogP contribution in [-0.2, 0) is 0 Å². The van der Waals surface area contributed by atoms with Crippen molar-refractivity contribution in [3.63, 3.8) is 0 Å². The Labute approximate surface area is 90.9 Å². The fourth-order valence-corrected chi connectivity index (χ4v) is 1.42. The molecule has 0 amide bonds. The molecule has 0 N–H and O–H groups in total. The summed E-state index contributed by atoms with van der Waals surface area (Å²) in [5.74, 6) is 1.33. The second kappa shape index (κ2) is 4.60. The van der Waals surface area contributed by atoms with E-state index in [4.69, 9.17) is 4.74 Å². The maximum atomic E-state index is 5.51. The molecule has 0 unspecified atom stereocenters. The minimum absolute atomic E-state index is 0.542. The molecular formula is C12H18N2O. The summed E-state index contributed by atoms with van der Waals surface area (Å²) < 4.78 is 5.51. The number of rotatable bonds is 5. The molecule has 1 heterocycles. The first-order valence-corrected chi connectivity index (χ1v) is 5.71. The van der Waals surface area contributed by atoms with Crippen LogP contribution < -0.4 is 4.74 Å². The van der Waals surface area contributed by atoms with Gasteiger partial charge in [0.1, 0.15) is 0 Å². The van der Waals surface area contributed by atoms with Crippen molar-refractivity contribution in [1.29, 1.82) is 0 Å². The van der Waals surface area contributed by atoms with Crippen molar-refractivity contribution in [2.24, 2.45) is 5.92 Å². The smallest absolute Gasteiger partial charge is 0.316 e. The van der Waals surface area contributed by atoms with Gasteiger partial charge in [-0.05, 0) is 31.2 Å². The first kappa shape index (κ1) is 10.4. The van der Waals surface area contributed by atoms with Crippen molar-refractivity contribution < 1.29 is 4.74 Å². The lowest BCUT2D eigenvalue weighted by atomic mass is 10.1. The lowest BCUT2D eigenvalue weighted by Crippen LogP contribution is -2.04. The van der Waals surface area contributed by atoms with Crippen molar-refractivity contribution in [3.05, 3.63) is 18.0 Å². The molecule has 1 aromatic rings. The zero-order chi connectivity index (χ0) is 10.7. The van der Waals surface area contributed by atoms with Crippen molar-refractivity contribution in [2.45, 2.75) is 39.0 Å². The summed E-state index contributed by atoms with van der Waals surface area (Å²) in [6.07, 6.45) is 5.38. The summed E-state index contributed by atoms with van der Waals surface area (Å²) in [5, 5.41) is 0. The van der Waals surface area contributed by atoms with E-state index in [1.54, 1.807) is 6.20 Å².